The first-order valence-corrected chi connectivity index (χ1v) is 5.00. The number of hydrogen-bond donors (Lipinski definition) is 1. The van der Waals surface area contributed by atoms with Crippen molar-refractivity contribution >= 4 is 5.78 Å². The van der Waals surface area contributed by atoms with E-state index in [-0.39, 0.29) is 5.78 Å². The molecular formula is C12H14O2. The molecule has 0 fully saturated rings. The summed E-state index contributed by atoms with van der Waals surface area (Å²) in [6.45, 7) is 1.55. The van der Waals surface area contributed by atoms with E-state index in [0.717, 1.165) is 30.4 Å². The second kappa shape index (κ2) is 3.45. The van der Waals surface area contributed by atoms with Gasteiger partial charge in [0.15, 0.2) is 0 Å². The van der Waals surface area contributed by atoms with Gasteiger partial charge in [-0.3, -0.25) is 4.79 Å². The molecular weight excluding hydrogens is 176 g/mol. The molecule has 0 aromatic heterocycles. The van der Waals surface area contributed by atoms with Crippen molar-refractivity contribution in [2.45, 2.75) is 32.6 Å². The monoisotopic (exact) mass is 190 g/mol. The van der Waals surface area contributed by atoms with Gasteiger partial charge in [0, 0.05) is 12.0 Å². The Balaban J connectivity index is 2.39. The highest BCUT2D eigenvalue weighted by Gasteiger charge is 2.17. The van der Waals surface area contributed by atoms with Gasteiger partial charge >= 0.3 is 0 Å². The van der Waals surface area contributed by atoms with E-state index < -0.39 is 0 Å². The van der Waals surface area contributed by atoms with Crippen LogP contribution in [0.5, 0.6) is 5.75 Å². The summed E-state index contributed by atoms with van der Waals surface area (Å²) >= 11 is 0. The number of Topliss-reactive ketones (excluding diaryl/α,β-unsaturated/α-hetero) is 1. The smallest absolute Gasteiger partial charge is 0.134 e. The number of aryl methyl sites for hydroxylation is 1. The molecule has 1 aromatic rings. The Bertz CT molecular complexity index is 380. The number of aromatic hydroxyl groups is 1. The van der Waals surface area contributed by atoms with Crippen LogP contribution in [0.4, 0.5) is 0 Å². The summed E-state index contributed by atoms with van der Waals surface area (Å²) in [4.78, 5) is 11.0. The number of phenolic OH excluding ortho intramolecular Hbond substituents is 1. The summed E-state index contributed by atoms with van der Waals surface area (Å²) in [7, 11) is 0. The van der Waals surface area contributed by atoms with Crippen LogP contribution in [0.25, 0.3) is 0 Å². The van der Waals surface area contributed by atoms with E-state index in [9.17, 15) is 9.90 Å². The summed E-state index contributed by atoms with van der Waals surface area (Å²) in [5.41, 5.74) is 3.08. The van der Waals surface area contributed by atoms with Crippen LogP contribution in [-0.2, 0) is 24.1 Å². The molecule has 74 valence electrons. The molecule has 0 unspecified atom stereocenters. The fraction of sp³-hybridized carbons (Fsp3) is 0.417. The Morgan fingerprint density at radius 2 is 2.21 bits per heavy atom. The van der Waals surface area contributed by atoms with Gasteiger partial charge in [-0.2, -0.15) is 0 Å². The first kappa shape index (κ1) is 9.25. The topological polar surface area (TPSA) is 37.3 Å². The predicted molar refractivity (Wildman–Crippen MR) is 54.5 cm³/mol. The molecule has 0 radical (unpaired) electrons. The highest BCUT2D eigenvalue weighted by molar-refractivity contribution is 5.79. The Morgan fingerprint density at radius 1 is 1.43 bits per heavy atom. The number of carbonyl (C=O) groups excluding carboxylic acids is 1. The van der Waals surface area contributed by atoms with Gasteiger partial charge in [-0.05, 0) is 37.3 Å². The zero-order chi connectivity index (χ0) is 10.1. The third kappa shape index (κ3) is 1.52. The van der Waals surface area contributed by atoms with Crippen LogP contribution in [0.15, 0.2) is 12.1 Å². The minimum atomic E-state index is 0.0956. The van der Waals surface area contributed by atoms with Crippen LogP contribution in [0.2, 0.25) is 0 Å². The summed E-state index contributed by atoms with van der Waals surface area (Å²) in [5, 5.41) is 9.91. The zero-order valence-corrected chi connectivity index (χ0v) is 8.34. The van der Waals surface area contributed by atoms with Crippen LogP contribution in [-0.4, -0.2) is 10.9 Å². The summed E-state index contributed by atoms with van der Waals surface area (Å²) in [6, 6.07) is 3.92. The molecule has 1 aliphatic carbocycles. The molecule has 0 spiro atoms. The van der Waals surface area contributed by atoms with Crippen molar-refractivity contribution in [1.29, 1.82) is 0 Å². The molecule has 2 nitrogen and oxygen atoms in total. The third-order valence-electron chi connectivity index (χ3n) is 2.78. The lowest BCUT2D eigenvalue weighted by Crippen LogP contribution is -1.98. The third-order valence-corrected chi connectivity index (χ3v) is 2.78. The van der Waals surface area contributed by atoms with Gasteiger partial charge in [0.25, 0.3) is 0 Å². The minimum Gasteiger partial charge on any atom is -0.507 e. The van der Waals surface area contributed by atoms with E-state index in [1.807, 2.05) is 12.1 Å². The summed E-state index contributed by atoms with van der Waals surface area (Å²) in [5.74, 6) is 0.452. The molecule has 0 saturated carbocycles. The Kier molecular flexibility index (Phi) is 2.28. The highest BCUT2D eigenvalue weighted by atomic mass is 16.3. The normalized spacial score (nSPS) is 14.1. The molecule has 14 heavy (non-hydrogen) atoms. The lowest BCUT2D eigenvalue weighted by atomic mass is 10.0. The molecule has 0 saturated heterocycles. The molecule has 0 atom stereocenters. The quantitative estimate of drug-likeness (QED) is 0.774. The van der Waals surface area contributed by atoms with Gasteiger partial charge in [0.05, 0.1) is 0 Å². The molecule has 2 rings (SSSR count). The molecule has 0 amide bonds. The van der Waals surface area contributed by atoms with E-state index in [4.69, 9.17) is 0 Å². The maximum Gasteiger partial charge on any atom is 0.134 e. The average Bonchev–Trinajstić information content (AvgIpc) is 2.57. The van der Waals surface area contributed by atoms with Crippen LogP contribution in [0.1, 0.15) is 30.0 Å². The Hall–Kier alpha value is -1.31. The molecule has 0 aliphatic heterocycles. The van der Waals surface area contributed by atoms with E-state index in [2.05, 4.69) is 0 Å². The lowest BCUT2D eigenvalue weighted by Gasteiger charge is -2.07. The van der Waals surface area contributed by atoms with Crippen molar-refractivity contribution < 1.29 is 9.90 Å². The second-order valence-electron chi connectivity index (χ2n) is 3.94. The van der Waals surface area contributed by atoms with Gasteiger partial charge in [-0.15, -0.1) is 0 Å². The van der Waals surface area contributed by atoms with Crippen molar-refractivity contribution in [3.63, 3.8) is 0 Å². The van der Waals surface area contributed by atoms with E-state index in [1.54, 1.807) is 6.92 Å². The van der Waals surface area contributed by atoms with Crippen LogP contribution >= 0.6 is 0 Å². The molecule has 0 bridgehead atoms. The number of ketones is 1. The number of rotatable bonds is 2. The van der Waals surface area contributed by atoms with E-state index >= 15 is 0 Å². The van der Waals surface area contributed by atoms with Crippen LogP contribution < -0.4 is 0 Å². The molecule has 1 N–H and O–H groups in total. The zero-order valence-electron chi connectivity index (χ0n) is 8.34. The molecule has 2 heteroatoms. The molecule has 0 heterocycles. The van der Waals surface area contributed by atoms with Crippen molar-refractivity contribution in [1.82, 2.24) is 0 Å². The largest absolute Gasteiger partial charge is 0.507 e. The van der Waals surface area contributed by atoms with Crippen molar-refractivity contribution in [2.24, 2.45) is 0 Å². The first-order chi connectivity index (χ1) is 6.68. The lowest BCUT2D eigenvalue weighted by molar-refractivity contribution is -0.116. The Morgan fingerprint density at radius 3 is 2.93 bits per heavy atom. The number of hydrogen-bond acceptors (Lipinski definition) is 2. The van der Waals surface area contributed by atoms with Gasteiger partial charge in [-0.1, -0.05) is 12.1 Å². The standard InChI is InChI=1S/C12H14O2/c1-8(13)7-10-6-5-9-3-2-4-11(9)12(10)14/h5-6,14H,2-4,7H2,1H3. The summed E-state index contributed by atoms with van der Waals surface area (Å²) < 4.78 is 0. The number of phenols is 1. The van der Waals surface area contributed by atoms with Crippen molar-refractivity contribution in [3.8, 4) is 5.75 Å². The molecule has 1 aliphatic rings. The van der Waals surface area contributed by atoms with Crippen LogP contribution in [0, 0.1) is 0 Å². The number of fused-ring (bicyclic) bond motifs is 1. The van der Waals surface area contributed by atoms with Crippen LogP contribution in [0.3, 0.4) is 0 Å². The number of benzene rings is 1. The van der Waals surface area contributed by atoms with Gasteiger partial charge in [0.1, 0.15) is 11.5 Å². The van der Waals surface area contributed by atoms with Gasteiger partial charge in [-0.25, -0.2) is 0 Å². The second-order valence-corrected chi connectivity index (χ2v) is 3.94. The van der Waals surface area contributed by atoms with E-state index in [0.29, 0.717) is 12.2 Å². The van der Waals surface area contributed by atoms with Crippen molar-refractivity contribution in [3.05, 3.63) is 28.8 Å². The predicted octanol–water partition coefficient (Wildman–Crippen LogP) is 2.01. The van der Waals surface area contributed by atoms with Crippen molar-refractivity contribution in [2.75, 3.05) is 0 Å². The summed E-state index contributed by atoms with van der Waals surface area (Å²) in [6.07, 6.45) is 3.47. The number of carbonyl (C=O) groups is 1. The first-order valence-electron chi connectivity index (χ1n) is 5.00. The van der Waals surface area contributed by atoms with Gasteiger partial charge in [0.2, 0.25) is 0 Å². The fourth-order valence-electron chi connectivity index (χ4n) is 2.11. The Labute approximate surface area is 83.6 Å². The minimum absolute atomic E-state index is 0.0956. The average molecular weight is 190 g/mol. The fourth-order valence-corrected chi connectivity index (χ4v) is 2.11. The SMILES string of the molecule is CC(=O)Cc1ccc2c(c1O)CCC2. The molecule has 1 aromatic carbocycles. The van der Waals surface area contributed by atoms with Gasteiger partial charge < -0.3 is 5.11 Å². The maximum atomic E-state index is 11.0. The highest BCUT2D eigenvalue weighted by Crippen LogP contribution is 2.32. The van der Waals surface area contributed by atoms with E-state index in [1.165, 1.54) is 5.56 Å². The maximum absolute atomic E-state index is 11.0.